The number of imidazole rings is 1. The number of aryl methyl sites for hydroxylation is 1. The third-order valence-electron chi connectivity index (χ3n) is 4.67. The van der Waals surface area contributed by atoms with Gasteiger partial charge in [0.25, 0.3) is 5.91 Å². The summed E-state index contributed by atoms with van der Waals surface area (Å²) in [7, 11) is 0. The van der Waals surface area contributed by atoms with Crippen molar-refractivity contribution < 1.29 is 4.79 Å². The van der Waals surface area contributed by atoms with Gasteiger partial charge >= 0.3 is 0 Å². The molecule has 140 valence electrons. The van der Waals surface area contributed by atoms with Gasteiger partial charge in [-0.1, -0.05) is 12.1 Å². The van der Waals surface area contributed by atoms with Gasteiger partial charge in [-0.15, -0.1) is 0 Å². The van der Waals surface area contributed by atoms with E-state index in [2.05, 4.69) is 25.8 Å². The summed E-state index contributed by atoms with van der Waals surface area (Å²) in [6.07, 6.45) is 5.69. The highest BCUT2D eigenvalue weighted by Crippen LogP contribution is 2.25. The number of carbonyl (C=O) groups is 1. The predicted molar refractivity (Wildman–Crippen MR) is 106 cm³/mol. The first kappa shape index (κ1) is 16.5. The molecule has 1 amide bonds. The van der Waals surface area contributed by atoms with Crippen LogP contribution in [0.5, 0.6) is 0 Å². The number of H-pyrrole nitrogens is 1. The fourth-order valence-electron chi connectivity index (χ4n) is 3.07. The lowest BCUT2D eigenvalue weighted by Crippen LogP contribution is -2.25. The summed E-state index contributed by atoms with van der Waals surface area (Å²) in [4.78, 5) is 21.5. The van der Waals surface area contributed by atoms with E-state index < -0.39 is 0 Å². The molecule has 28 heavy (non-hydrogen) atoms. The Kier molecular flexibility index (Phi) is 3.82. The fraction of sp³-hybridized carbons (Fsp3) is 0.200. The number of hydrogen-bond donors (Lipinski definition) is 3. The van der Waals surface area contributed by atoms with Gasteiger partial charge in [0.1, 0.15) is 5.65 Å². The van der Waals surface area contributed by atoms with Crippen molar-refractivity contribution in [3.8, 4) is 11.3 Å². The van der Waals surface area contributed by atoms with Gasteiger partial charge in [-0.3, -0.25) is 14.3 Å². The van der Waals surface area contributed by atoms with Crippen LogP contribution in [0.15, 0.2) is 48.8 Å². The van der Waals surface area contributed by atoms with E-state index in [1.807, 2.05) is 53.9 Å². The van der Waals surface area contributed by atoms with Crippen molar-refractivity contribution in [2.75, 3.05) is 5.32 Å². The number of rotatable bonds is 5. The van der Waals surface area contributed by atoms with Crippen molar-refractivity contribution >= 4 is 23.3 Å². The van der Waals surface area contributed by atoms with Crippen LogP contribution in [0.25, 0.3) is 16.9 Å². The lowest BCUT2D eigenvalue weighted by molar-refractivity contribution is 0.0951. The van der Waals surface area contributed by atoms with Crippen molar-refractivity contribution in [3.63, 3.8) is 0 Å². The third-order valence-corrected chi connectivity index (χ3v) is 4.67. The standard InChI is InChI=1S/C20H19N7O/c1-12-9-17(26-25-12)24-20-23-16(11-18-21-7-8-27(18)20)13-3-2-4-14(10-13)19(28)22-15-5-6-15/h2-4,7-11,15H,5-6H2,1H3,(H,22,28)(H2,23,24,25,26). The van der Waals surface area contributed by atoms with Crippen LogP contribution in [0.3, 0.4) is 0 Å². The molecule has 0 radical (unpaired) electrons. The number of anilines is 2. The molecule has 8 nitrogen and oxygen atoms in total. The second-order valence-electron chi connectivity index (χ2n) is 7.01. The summed E-state index contributed by atoms with van der Waals surface area (Å²) in [5.41, 5.74) is 3.93. The summed E-state index contributed by atoms with van der Waals surface area (Å²) in [5, 5.41) is 13.4. The van der Waals surface area contributed by atoms with Crippen LogP contribution in [-0.2, 0) is 0 Å². The lowest BCUT2D eigenvalue weighted by Gasteiger charge is -2.10. The molecule has 0 aliphatic heterocycles. The Balaban J connectivity index is 1.52. The summed E-state index contributed by atoms with van der Waals surface area (Å²) in [6, 6.07) is 11.6. The molecular formula is C20H19N7O. The number of hydrogen-bond acceptors (Lipinski definition) is 5. The molecule has 3 aromatic heterocycles. The quantitative estimate of drug-likeness (QED) is 0.499. The van der Waals surface area contributed by atoms with Crippen LogP contribution < -0.4 is 10.6 Å². The number of carbonyl (C=O) groups excluding carboxylic acids is 1. The Morgan fingerprint density at radius 1 is 1.25 bits per heavy atom. The third kappa shape index (κ3) is 3.20. The van der Waals surface area contributed by atoms with Crippen LogP contribution in [0.1, 0.15) is 28.9 Å². The molecule has 5 rings (SSSR count). The number of aromatic amines is 1. The second kappa shape index (κ2) is 6.49. The van der Waals surface area contributed by atoms with Gasteiger partial charge in [0, 0.05) is 47.4 Å². The smallest absolute Gasteiger partial charge is 0.251 e. The molecule has 0 atom stereocenters. The highest BCUT2D eigenvalue weighted by Gasteiger charge is 2.24. The summed E-state index contributed by atoms with van der Waals surface area (Å²) in [6.45, 7) is 1.94. The van der Waals surface area contributed by atoms with Crippen LogP contribution in [0.4, 0.5) is 11.8 Å². The largest absolute Gasteiger partial charge is 0.349 e. The number of nitrogens with zero attached hydrogens (tertiary/aromatic N) is 4. The number of amides is 1. The van der Waals surface area contributed by atoms with E-state index in [1.165, 1.54) is 0 Å². The van der Waals surface area contributed by atoms with Crippen molar-refractivity contribution in [1.29, 1.82) is 0 Å². The summed E-state index contributed by atoms with van der Waals surface area (Å²) in [5.74, 6) is 1.23. The van der Waals surface area contributed by atoms with Crippen LogP contribution in [-0.4, -0.2) is 36.5 Å². The lowest BCUT2D eigenvalue weighted by atomic mass is 10.1. The van der Waals surface area contributed by atoms with E-state index in [0.717, 1.165) is 35.4 Å². The van der Waals surface area contributed by atoms with E-state index in [0.29, 0.717) is 23.4 Å². The molecule has 1 fully saturated rings. The van der Waals surface area contributed by atoms with Gasteiger partial charge in [0.05, 0.1) is 5.69 Å². The number of fused-ring (bicyclic) bond motifs is 1. The molecule has 1 saturated carbocycles. The summed E-state index contributed by atoms with van der Waals surface area (Å²) >= 11 is 0. The van der Waals surface area contributed by atoms with Crippen LogP contribution in [0.2, 0.25) is 0 Å². The minimum Gasteiger partial charge on any atom is -0.349 e. The Morgan fingerprint density at radius 2 is 2.14 bits per heavy atom. The maximum Gasteiger partial charge on any atom is 0.251 e. The molecule has 0 spiro atoms. The van der Waals surface area contributed by atoms with E-state index in [1.54, 1.807) is 6.20 Å². The number of benzene rings is 1. The Labute approximate surface area is 161 Å². The number of nitrogens with one attached hydrogen (secondary N) is 3. The first-order valence-corrected chi connectivity index (χ1v) is 9.20. The molecule has 3 N–H and O–H groups in total. The predicted octanol–water partition coefficient (Wildman–Crippen LogP) is 3.06. The average molecular weight is 373 g/mol. The fourth-order valence-corrected chi connectivity index (χ4v) is 3.07. The monoisotopic (exact) mass is 373 g/mol. The molecule has 8 heteroatoms. The molecular weight excluding hydrogens is 354 g/mol. The molecule has 3 heterocycles. The van der Waals surface area contributed by atoms with Crippen LogP contribution in [0, 0.1) is 6.92 Å². The molecule has 4 aromatic rings. The van der Waals surface area contributed by atoms with Crippen molar-refractivity contribution in [3.05, 3.63) is 60.0 Å². The van der Waals surface area contributed by atoms with Gasteiger partial charge in [0.15, 0.2) is 5.82 Å². The molecule has 0 bridgehead atoms. The van der Waals surface area contributed by atoms with Gasteiger partial charge in [0.2, 0.25) is 5.95 Å². The normalized spacial score (nSPS) is 13.6. The molecule has 0 saturated heterocycles. The first-order chi connectivity index (χ1) is 13.7. The number of aromatic nitrogens is 5. The van der Waals surface area contributed by atoms with Gasteiger partial charge < -0.3 is 10.6 Å². The topological polar surface area (TPSA) is 100 Å². The van der Waals surface area contributed by atoms with Crippen molar-refractivity contribution in [2.45, 2.75) is 25.8 Å². The zero-order chi connectivity index (χ0) is 19.1. The Morgan fingerprint density at radius 3 is 2.93 bits per heavy atom. The van der Waals surface area contributed by atoms with Crippen LogP contribution >= 0.6 is 0 Å². The van der Waals surface area contributed by atoms with E-state index in [9.17, 15) is 4.79 Å². The average Bonchev–Trinajstić information content (AvgIpc) is 3.21. The van der Waals surface area contributed by atoms with E-state index in [-0.39, 0.29) is 5.91 Å². The first-order valence-electron chi connectivity index (χ1n) is 9.20. The maximum absolute atomic E-state index is 12.4. The van der Waals surface area contributed by atoms with Gasteiger partial charge in [-0.25, -0.2) is 9.97 Å². The summed E-state index contributed by atoms with van der Waals surface area (Å²) < 4.78 is 1.86. The van der Waals surface area contributed by atoms with Crippen molar-refractivity contribution in [1.82, 2.24) is 29.9 Å². The minimum atomic E-state index is -0.0448. The van der Waals surface area contributed by atoms with E-state index in [4.69, 9.17) is 4.98 Å². The second-order valence-corrected chi connectivity index (χ2v) is 7.01. The Hall–Kier alpha value is -3.68. The molecule has 1 aliphatic rings. The molecule has 0 unspecified atom stereocenters. The highest BCUT2D eigenvalue weighted by molar-refractivity contribution is 5.95. The highest BCUT2D eigenvalue weighted by atomic mass is 16.1. The zero-order valence-electron chi connectivity index (χ0n) is 15.3. The van der Waals surface area contributed by atoms with Gasteiger partial charge in [-0.05, 0) is 31.9 Å². The minimum absolute atomic E-state index is 0.0448. The van der Waals surface area contributed by atoms with Gasteiger partial charge in [-0.2, -0.15) is 5.10 Å². The van der Waals surface area contributed by atoms with E-state index >= 15 is 0 Å². The SMILES string of the molecule is Cc1cc(Nc2nc(-c3cccc(C(=O)NC4CC4)c3)cc3nccn23)n[nH]1. The molecule has 1 aromatic carbocycles. The zero-order valence-corrected chi connectivity index (χ0v) is 15.3. The maximum atomic E-state index is 12.4. The molecule has 1 aliphatic carbocycles. The Bertz CT molecular complexity index is 1170. The van der Waals surface area contributed by atoms with Crippen molar-refractivity contribution in [2.24, 2.45) is 0 Å².